The fourth-order valence-electron chi connectivity index (χ4n) is 1.95. The van der Waals surface area contributed by atoms with Crippen molar-refractivity contribution in [3.63, 3.8) is 0 Å². The van der Waals surface area contributed by atoms with Crippen LogP contribution in [-0.4, -0.2) is 10.1 Å². The Hall–Kier alpha value is -2.11. The molecule has 0 radical (unpaired) electrons. The Bertz CT molecular complexity index is 812. The van der Waals surface area contributed by atoms with Gasteiger partial charge in [-0.1, -0.05) is 48.2 Å². The molecule has 0 aliphatic heterocycles. The van der Waals surface area contributed by atoms with E-state index in [1.54, 1.807) is 18.2 Å². The summed E-state index contributed by atoms with van der Waals surface area (Å²) < 4.78 is 5.21. The van der Waals surface area contributed by atoms with E-state index in [1.165, 1.54) is 11.8 Å². The maximum atomic E-state index is 11.8. The molecule has 1 N–H and O–H groups in total. The lowest BCUT2D eigenvalue weighted by Gasteiger charge is -2.02. The lowest BCUT2D eigenvalue weighted by Crippen LogP contribution is -2.02. The Morgan fingerprint density at radius 2 is 1.76 bits per heavy atom. The summed E-state index contributed by atoms with van der Waals surface area (Å²) in [5, 5.41) is 9.86. The monoisotopic (exact) mass is 299 g/mol. The van der Waals surface area contributed by atoms with Crippen molar-refractivity contribution < 1.29 is 9.52 Å². The van der Waals surface area contributed by atoms with Crippen molar-refractivity contribution in [1.29, 1.82) is 0 Å². The molecule has 0 saturated carbocycles. The summed E-state index contributed by atoms with van der Waals surface area (Å²) in [4.78, 5) is 16.2. The van der Waals surface area contributed by atoms with E-state index in [9.17, 15) is 4.79 Å². The highest BCUT2D eigenvalue weighted by atomic mass is 32.2. The molecular weight excluding hydrogens is 286 g/mol. The van der Waals surface area contributed by atoms with Crippen molar-refractivity contribution in [1.82, 2.24) is 4.98 Å². The van der Waals surface area contributed by atoms with Crippen LogP contribution in [0.5, 0.6) is 0 Å². The zero-order valence-electron chi connectivity index (χ0n) is 11.2. The van der Waals surface area contributed by atoms with Crippen LogP contribution in [0.2, 0.25) is 0 Å². The normalized spacial score (nSPS) is 10.9. The van der Waals surface area contributed by atoms with Gasteiger partial charge in [-0.3, -0.25) is 0 Å². The SMILES string of the molecule is O=c1oc(SCc2ccc(CO)cc2)nc2ccccc12. The first-order valence-corrected chi connectivity index (χ1v) is 7.46. The Balaban J connectivity index is 1.80. The molecule has 4 nitrogen and oxygen atoms in total. The average molecular weight is 299 g/mol. The molecule has 3 rings (SSSR count). The number of nitrogens with zero attached hydrogens (tertiary/aromatic N) is 1. The number of aliphatic hydroxyl groups is 1. The third kappa shape index (κ3) is 3.15. The molecule has 0 unspecified atom stereocenters. The molecule has 5 heteroatoms. The van der Waals surface area contributed by atoms with Gasteiger partial charge in [-0.05, 0) is 23.3 Å². The molecule has 0 fully saturated rings. The lowest BCUT2D eigenvalue weighted by atomic mass is 10.2. The van der Waals surface area contributed by atoms with Crippen molar-refractivity contribution >= 4 is 22.7 Å². The number of rotatable bonds is 4. The second kappa shape index (κ2) is 6.11. The summed E-state index contributed by atoms with van der Waals surface area (Å²) in [6, 6.07) is 14.8. The van der Waals surface area contributed by atoms with Crippen LogP contribution in [0.3, 0.4) is 0 Å². The van der Waals surface area contributed by atoms with Crippen LogP contribution in [0, 0.1) is 0 Å². The van der Waals surface area contributed by atoms with E-state index in [2.05, 4.69) is 4.98 Å². The van der Waals surface area contributed by atoms with Gasteiger partial charge < -0.3 is 9.52 Å². The maximum absolute atomic E-state index is 11.8. The zero-order chi connectivity index (χ0) is 14.7. The number of fused-ring (bicyclic) bond motifs is 1. The predicted molar refractivity (Wildman–Crippen MR) is 82.2 cm³/mol. The van der Waals surface area contributed by atoms with Gasteiger partial charge in [0.2, 0.25) is 0 Å². The van der Waals surface area contributed by atoms with E-state index in [1.807, 2.05) is 30.3 Å². The van der Waals surface area contributed by atoms with E-state index in [0.29, 0.717) is 21.9 Å². The van der Waals surface area contributed by atoms with E-state index >= 15 is 0 Å². The molecule has 21 heavy (non-hydrogen) atoms. The van der Waals surface area contributed by atoms with E-state index in [4.69, 9.17) is 9.52 Å². The number of hydrogen-bond donors (Lipinski definition) is 1. The minimum Gasteiger partial charge on any atom is -0.397 e. The van der Waals surface area contributed by atoms with E-state index in [0.717, 1.165) is 11.1 Å². The largest absolute Gasteiger partial charge is 0.397 e. The molecule has 0 aliphatic carbocycles. The number of hydrogen-bond acceptors (Lipinski definition) is 5. The summed E-state index contributed by atoms with van der Waals surface area (Å²) in [6.45, 7) is 0.0362. The maximum Gasteiger partial charge on any atom is 0.347 e. The summed E-state index contributed by atoms with van der Waals surface area (Å²) in [7, 11) is 0. The van der Waals surface area contributed by atoms with Crippen molar-refractivity contribution in [2.45, 2.75) is 17.6 Å². The predicted octanol–water partition coefficient (Wildman–Crippen LogP) is 2.97. The molecule has 2 aromatic carbocycles. The number of aliphatic hydroxyl groups excluding tert-OH is 1. The Kier molecular flexibility index (Phi) is 4.03. The first-order valence-electron chi connectivity index (χ1n) is 6.47. The summed E-state index contributed by atoms with van der Waals surface area (Å²) >= 11 is 1.38. The van der Waals surface area contributed by atoms with Crippen molar-refractivity contribution in [3.8, 4) is 0 Å². The van der Waals surface area contributed by atoms with Gasteiger partial charge in [0.15, 0.2) is 0 Å². The summed E-state index contributed by atoms with van der Waals surface area (Å²) in [5.41, 5.74) is 2.24. The number of para-hydroxylation sites is 1. The Morgan fingerprint density at radius 1 is 1.05 bits per heavy atom. The topological polar surface area (TPSA) is 63.3 Å². The smallest absolute Gasteiger partial charge is 0.347 e. The molecule has 0 aliphatic rings. The highest BCUT2D eigenvalue weighted by molar-refractivity contribution is 7.98. The zero-order valence-corrected chi connectivity index (χ0v) is 12.0. The molecule has 0 atom stereocenters. The van der Waals surface area contributed by atoms with Crippen LogP contribution in [0.4, 0.5) is 0 Å². The van der Waals surface area contributed by atoms with Crippen molar-refractivity contribution in [3.05, 3.63) is 70.1 Å². The highest BCUT2D eigenvalue weighted by Gasteiger charge is 2.06. The number of thioether (sulfide) groups is 1. The third-order valence-corrected chi connectivity index (χ3v) is 3.98. The van der Waals surface area contributed by atoms with Gasteiger partial charge in [-0.15, -0.1) is 0 Å². The standard InChI is InChI=1S/C16H13NO3S/c18-9-11-5-7-12(8-6-11)10-21-16-17-14-4-2-1-3-13(14)15(19)20-16/h1-8,18H,9-10H2. The van der Waals surface area contributed by atoms with Crippen LogP contribution in [0.1, 0.15) is 11.1 Å². The number of benzene rings is 2. The molecule has 0 amide bonds. The van der Waals surface area contributed by atoms with Crippen molar-refractivity contribution in [2.24, 2.45) is 0 Å². The van der Waals surface area contributed by atoms with Gasteiger partial charge in [0, 0.05) is 5.75 Å². The lowest BCUT2D eigenvalue weighted by molar-refractivity contribution is 0.282. The minimum atomic E-state index is -0.362. The molecule has 0 spiro atoms. The Labute approximate surface area is 125 Å². The molecular formula is C16H13NO3S. The van der Waals surface area contributed by atoms with E-state index in [-0.39, 0.29) is 12.2 Å². The van der Waals surface area contributed by atoms with Gasteiger partial charge in [0.25, 0.3) is 5.22 Å². The molecule has 106 valence electrons. The fraction of sp³-hybridized carbons (Fsp3) is 0.125. The van der Waals surface area contributed by atoms with Crippen LogP contribution in [0.25, 0.3) is 10.9 Å². The van der Waals surface area contributed by atoms with Gasteiger partial charge >= 0.3 is 5.63 Å². The molecule has 1 aromatic heterocycles. The molecule has 3 aromatic rings. The fourth-order valence-corrected chi connectivity index (χ4v) is 2.73. The van der Waals surface area contributed by atoms with Crippen LogP contribution in [0.15, 0.2) is 63.0 Å². The third-order valence-electron chi connectivity index (χ3n) is 3.08. The molecule has 1 heterocycles. The Morgan fingerprint density at radius 3 is 2.52 bits per heavy atom. The highest BCUT2D eigenvalue weighted by Crippen LogP contribution is 2.21. The quantitative estimate of drug-likeness (QED) is 0.750. The van der Waals surface area contributed by atoms with Gasteiger partial charge in [-0.2, -0.15) is 0 Å². The summed E-state index contributed by atoms with van der Waals surface area (Å²) in [5.74, 6) is 0.653. The number of aromatic nitrogens is 1. The van der Waals surface area contributed by atoms with Crippen LogP contribution < -0.4 is 5.63 Å². The van der Waals surface area contributed by atoms with Gasteiger partial charge in [0.1, 0.15) is 0 Å². The second-order valence-electron chi connectivity index (χ2n) is 4.55. The second-order valence-corrected chi connectivity index (χ2v) is 5.47. The molecule has 0 saturated heterocycles. The van der Waals surface area contributed by atoms with Crippen LogP contribution >= 0.6 is 11.8 Å². The summed E-state index contributed by atoms with van der Waals surface area (Å²) in [6.07, 6.45) is 0. The first-order chi connectivity index (χ1) is 10.3. The van der Waals surface area contributed by atoms with Crippen LogP contribution in [-0.2, 0) is 12.4 Å². The van der Waals surface area contributed by atoms with Gasteiger partial charge in [0.05, 0.1) is 17.5 Å². The van der Waals surface area contributed by atoms with Gasteiger partial charge in [-0.25, -0.2) is 9.78 Å². The molecule has 0 bridgehead atoms. The first kappa shape index (κ1) is 13.9. The van der Waals surface area contributed by atoms with Crippen molar-refractivity contribution in [2.75, 3.05) is 0 Å². The minimum absolute atomic E-state index is 0.0362. The van der Waals surface area contributed by atoms with E-state index < -0.39 is 0 Å². The average Bonchev–Trinajstić information content (AvgIpc) is 2.53.